The molecule has 1 amide bonds. The molecule has 0 bridgehead atoms. The third-order valence-electron chi connectivity index (χ3n) is 3.80. The van der Waals surface area contributed by atoms with E-state index in [1.165, 1.54) is 18.2 Å². The van der Waals surface area contributed by atoms with Gasteiger partial charge in [-0.1, -0.05) is 12.1 Å². The number of H-pyrrole nitrogens is 1. The number of aromatic amines is 1. The second-order valence-corrected chi connectivity index (χ2v) is 5.98. The van der Waals surface area contributed by atoms with Crippen LogP contribution in [0.2, 0.25) is 0 Å². The molecule has 144 valence electrons. The van der Waals surface area contributed by atoms with Crippen molar-refractivity contribution in [3.63, 3.8) is 0 Å². The zero-order valence-electron chi connectivity index (χ0n) is 14.5. The van der Waals surface area contributed by atoms with E-state index in [2.05, 4.69) is 20.0 Å². The molecule has 6 nitrogen and oxygen atoms in total. The number of hydrogen-bond donors (Lipinski definition) is 2. The lowest BCUT2D eigenvalue weighted by atomic mass is 10.2. The van der Waals surface area contributed by atoms with E-state index in [-0.39, 0.29) is 23.6 Å². The van der Waals surface area contributed by atoms with E-state index in [1.807, 2.05) is 24.3 Å². The van der Waals surface area contributed by atoms with Crippen LogP contribution >= 0.6 is 0 Å². The van der Waals surface area contributed by atoms with Crippen molar-refractivity contribution in [3.05, 3.63) is 53.9 Å². The number of para-hydroxylation sites is 2. The molecule has 0 unspecified atom stereocenters. The fourth-order valence-corrected chi connectivity index (χ4v) is 2.56. The van der Waals surface area contributed by atoms with Crippen LogP contribution in [0.15, 0.2) is 42.5 Å². The number of benzene rings is 2. The number of amides is 1. The Labute approximate surface area is 158 Å². The monoisotopic (exact) mass is 388 g/mol. The number of imidazole rings is 1. The van der Waals surface area contributed by atoms with Crippen molar-refractivity contribution < 1.29 is 22.7 Å². The maximum absolute atomic E-state index is 12.2. The van der Waals surface area contributed by atoms with Crippen LogP contribution in [-0.2, 0) is 11.2 Å². The van der Waals surface area contributed by atoms with E-state index in [0.29, 0.717) is 17.9 Å². The number of nitriles is 1. The predicted molar refractivity (Wildman–Crippen MR) is 95.8 cm³/mol. The van der Waals surface area contributed by atoms with Crippen molar-refractivity contribution in [2.45, 2.75) is 19.0 Å². The summed E-state index contributed by atoms with van der Waals surface area (Å²) in [7, 11) is 0. The van der Waals surface area contributed by atoms with E-state index in [0.717, 1.165) is 11.0 Å². The van der Waals surface area contributed by atoms with Crippen molar-refractivity contribution in [1.82, 2.24) is 9.97 Å². The molecule has 28 heavy (non-hydrogen) atoms. The Morgan fingerprint density at radius 1 is 1.25 bits per heavy atom. The van der Waals surface area contributed by atoms with Crippen LogP contribution in [0.4, 0.5) is 18.9 Å². The van der Waals surface area contributed by atoms with Gasteiger partial charge in [0.2, 0.25) is 5.91 Å². The Morgan fingerprint density at radius 2 is 2.04 bits per heavy atom. The molecule has 0 spiro atoms. The van der Waals surface area contributed by atoms with Crippen LogP contribution in [0.1, 0.15) is 17.8 Å². The van der Waals surface area contributed by atoms with Crippen LogP contribution in [-0.4, -0.2) is 28.7 Å². The molecule has 3 rings (SSSR count). The summed E-state index contributed by atoms with van der Waals surface area (Å²) in [4.78, 5) is 19.6. The first-order valence-electron chi connectivity index (χ1n) is 8.31. The van der Waals surface area contributed by atoms with Crippen molar-refractivity contribution >= 4 is 22.6 Å². The van der Waals surface area contributed by atoms with Gasteiger partial charge in [0.05, 0.1) is 16.6 Å². The minimum Gasteiger partial charge on any atom is -0.483 e. The molecule has 3 aromatic rings. The number of carbonyl (C=O) groups is 1. The fourth-order valence-electron chi connectivity index (χ4n) is 2.56. The van der Waals surface area contributed by atoms with E-state index < -0.39 is 12.8 Å². The van der Waals surface area contributed by atoms with Gasteiger partial charge in [-0.2, -0.15) is 18.4 Å². The smallest absolute Gasteiger partial charge is 0.422 e. The van der Waals surface area contributed by atoms with Gasteiger partial charge >= 0.3 is 6.18 Å². The van der Waals surface area contributed by atoms with Gasteiger partial charge in [0.25, 0.3) is 0 Å². The van der Waals surface area contributed by atoms with Crippen LogP contribution < -0.4 is 10.1 Å². The fraction of sp³-hybridized carbons (Fsp3) is 0.211. The van der Waals surface area contributed by atoms with Crippen LogP contribution in [0.3, 0.4) is 0 Å². The van der Waals surface area contributed by atoms with Gasteiger partial charge in [-0.05, 0) is 30.3 Å². The summed E-state index contributed by atoms with van der Waals surface area (Å²) < 4.78 is 41.4. The molecule has 0 aliphatic heterocycles. The summed E-state index contributed by atoms with van der Waals surface area (Å²) in [5.74, 6) is 0.165. The Kier molecular flexibility index (Phi) is 5.49. The molecular formula is C19H15F3N4O2. The Balaban J connectivity index is 1.59. The van der Waals surface area contributed by atoms with E-state index in [1.54, 1.807) is 6.07 Å². The standard InChI is InChI=1S/C19H15F3N4O2/c20-19(21,22)11-28-16-6-5-13(9-12(16)10-23)24-18(27)8-7-17-25-14-3-1-2-4-15(14)26-17/h1-6,9H,7-8,11H2,(H,24,27)(H,25,26). The first-order valence-corrected chi connectivity index (χ1v) is 8.31. The average molecular weight is 388 g/mol. The number of halogens is 3. The molecule has 2 N–H and O–H groups in total. The van der Waals surface area contributed by atoms with E-state index in [4.69, 9.17) is 5.26 Å². The number of aromatic nitrogens is 2. The normalized spacial score (nSPS) is 11.2. The second-order valence-electron chi connectivity index (χ2n) is 5.98. The SMILES string of the molecule is N#Cc1cc(NC(=O)CCc2nc3ccccc3[nH]2)ccc1OCC(F)(F)F. The third kappa shape index (κ3) is 5.01. The number of alkyl halides is 3. The van der Waals surface area contributed by atoms with Crippen LogP contribution in [0.25, 0.3) is 11.0 Å². The highest BCUT2D eigenvalue weighted by molar-refractivity contribution is 5.91. The lowest BCUT2D eigenvalue weighted by Gasteiger charge is -2.11. The Hall–Kier alpha value is -3.54. The number of aryl methyl sites for hydroxylation is 1. The van der Waals surface area contributed by atoms with Gasteiger partial charge in [0.15, 0.2) is 6.61 Å². The first kappa shape index (κ1) is 19.2. The first-order chi connectivity index (χ1) is 13.3. The minimum atomic E-state index is -4.50. The molecule has 0 saturated carbocycles. The van der Waals surface area contributed by atoms with E-state index >= 15 is 0 Å². The summed E-state index contributed by atoms with van der Waals surface area (Å²) in [6.45, 7) is -1.50. The second kappa shape index (κ2) is 8.00. The zero-order valence-corrected chi connectivity index (χ0v) is 14.5. The molecule has 0 atom stereocenters. The van der Waals surface area contributed by atoms with Crippen LogP contribution in [0, 0.1) is 11.3 Å². The highest BCUT2D eigenvalue weighted by atomic mass is 19.4. The van der Waals surface area contributed by atoms with Gasteiger partial charge in [-0.15, -0.1) is 0 Å². The van der Waals surface area contributed by atoms with Gasteiger partial charge in [-0.3, -0.25) is 4.79 Å². The molecule has 2 aromatic carbocycles. The molecule has 0 radical (unpaired) electrons. The zero-order chi connectivity index (χ0) is 20.1. The van der Waals surface area contributed by atoms with Crippen molar-refractivity contribution in [1.29, 1.82) is 5.26 Å². The molecule has 1 heterocycles. The molecule has 9 heteroatoms. The molecule has 0 fully saturated rings. The number of hydrogen-bond acceptors (Lipinski definition) is 4. The summed E-state index contributed by atoms with van der Waals surface area (Å²) >= 11 is 0. The highest BCUT2D eigenvalue weighted by Crippen LogP contribution is 2.25. The van der Waals surface area contributed by atoms with Crippen molar-refractivity contribution in [3.8, 4) is 11.8 Å². The number of ether oxygens (including phenoxy) is 1. The van der Waals surface area contributed by atoms with Gasteiger partial charge in [0, 0.05) is 18.5 Å². The van der Waals surface area contributed by atoms with E-state index in [9.17, 15) is 18.0 Å². The van der Waals surface area contributed by atoms with Crippen molar-refractivity contribution in [2.75, 3.05) is 11.9 Å². The topological polar surface area (TPSA) is 90.8 Å². The summed E-state index contributed by atoms with van der Waals surface area (Å²) in [6, 6.07) is 13.1. The average Bonchev–Trinajstić information content (AvgIpc) is 3.07. The van der Waals surface area contributed by atoms with Crippen molar-refractivity contribution in [2.24, 2.45) is 0 Å². The lowest BCUT2D eigenvalue weighted by Crippen LogP contribution is -2.19. The van der Waals surface area contributed by atoms with Gasteiger partial charge < -0.3 is 15.0 Å². The summed E-state index contributed by atoms with van der Waals surface area (Å²) in [5.41, 5.74) is 1.89. The Bertz CT molecular complexity index is 1000. The molecule has 0 aliphatic rings. The number of carbonyl (C=O) groups excluding carboxylic acids is 1. The van der Waals surface area contributed by atoms with Gasteiger partial charge in [0.1, 0.15) is 17.6 Å². The number of nitrogens with one attached hydrogen (secondary N) is 2. The molecule has 1 aromatic heterocycles. The number of fused-ring (bicyclic) bond motifs is 1. The molecule has 0 saturated heterocycles. The Morgan fingerprint density at radius 3 is 2.75 bits per heavy atom. The summed E-state index contributed by atoms with van der Waals surface area (Å²) in [6.07, 6.45) is -3.97. The molecule has 0 aliphatic carbocycles. The third-order valence-corrected chi connectivity index (χ3v) is 3.80. The maximum Gasteiger partial charge on any atom is 0.422 e. The van der Waals surface area contributed by atoms with Crippen LogP contribution in [0.5, 0.6) is 5.75 Å². The number of rotatable bonds is 6. The van der Waals surface area contributed by atoms with Gasteiger partial charge in [-0.25, -0.2) is 4.98 Å². The molecular weight excluding hydrogens is 373 g/mol. The predicted octanol–water partition coefficient (Wildman–Crippen LogP) is 3.95. The summed E-state index contributed by atoms with van der Waals surface area (Å²) in [5, 5.41) is 11.7. The number of anilines is 1. The minimum absolute atomic E-state index is 0.0978. The lowest BCUT2D eigenvalue weighted by molar-refractivity contribution is -0.153. The highest BCUT2D eigenvalue weighted by Gasteiger charge is 2.28. The maximum atomic E-state index is 12.2. The largest absolute Gasteiger partial charge is 0.483 e. The number of nitrogens with zero attached hydrogens (tertiary/aromatic N) is 2. The quantitative estimate of drug-likeness (QED) is 0.669.